The highest BCUT2D eigenvalue weighted by Gasteiger charge is 2.23. The molecular weight excluding hydrogens is 202 g/mol. The highest BCUT2D eigenvalue weighted by Crippen LogP contribution is 2.15. The van der Waals surface area contributed by atoms with Gasteiger partial charge < -0.3 is 16.0 Å². The normalized spacial score (nSPS) is 20.6. The summed E-state index contributed by atoms with van der Waals surface area (Å²) in [7, 11) is 0. The quantitative estimate of drug-likeness (QED) is 0.758. The van der Waals surface area contributed by atoms with Crippen molar-refractivity contribution < 1.29 is 4.79 Å². The van der Waals surface area contributed by atoms with E-state index in [4.69, 9.17) is 5.73 Å². The molecule has 2 rings (SSSR count). The predicted octanol–water partition coefficient (Wildman–Crippen LogP) is 1.99. The number of rotatable bonds is 1. The first-order valence-corrected chi connectivity index (χ1v) is 5.65. The molecule has 1 fully saturated rings. The number of carbonyl (C=O) groups is 1. The molecule has 1 atom stereocenters. The van der Waals surface area contributed by atoms with Crippen molar-refractivity contribution in [3.63, 3.8) is 0 Å². The third kappa shape index (κ3) is 2.52. The number of carbonyl (C=O) groups excluding carboxylic acids is 1. The topological polar surface area (TPSA) is 58.4 Å². The highest BCUT2D eigenvalue weighted by molar-refractivity contribution is 5.89. The molecule has 0 spiro atoms. The van der Waals surface area contributed by atoms with Crippen LogP contribution in [0.1, 0.15) is 19.3 Å². The molecule has 1 saturated heterocycles. The lowest BCUT2D eigenvalue weighted by molar-refractivity contribution is 0.165. The fraction of sp³-hybridized carbons (Fsp3) is 0.417. The summed E-state index contributed by atoms with van der Waals surface area (Å²) in [6, 6.07) is 9.35. The van der Waals surface area contributed by atoms with Crippen molar-refractivity contribution in [3.05, 3.63) is 30.3 Å². The van der Waals surface area contributed by atoms with E-state index in [1.54, 1.807) is 4.90 Å². The van der Waals surface area contributed by atoms with Crippen molar-refractivity contribution in [3.8, 4) is 0 Å². The Balaban J connectivity index is 1.97. The first-order valence-electron chi connectivity index (χ1n) is 5.65. The molecule has 4 nitrogen and oxygen atoms in total. The molecule has 0 aromatic heterocycles. The molecule has 0 bridgehead atoms. The van der Waals surface area contributed by atoms with Crippen LogP contribution in [0.4, 0.5) is 10.5 Å². The molecule has 16 heavy (non-hydrogen) atoms. The number of amides is 2. The first-order chi connectivity index (χ1) is 7.77. The van der Waals surface area contributed by atoms with Gasteiger partial charge in [0.05, 0.1) is 6.17 Å². The molecule has 1 unspecified atom stereocenters. The molecule has 0 saturated carbocycles. The van der Waals surface area contributed by atoms with E-state index >= 15 is 0 Å². The minimum absolute atomic E-state index is 0.0987. The predicted molar refractivity (Wildman–Crippen MR) is 64.0 cm³/mol. The summed E-state index contributed by atoms with van der Waals surface area (Å²) in [6.07, 6.45) is 2.89. The smallest absolute Gasteiger partial charge is 0.311 e. The average Bonchev–Trinajstić information content (AvgIpc) is 2.31. The molecule has 3 N–H and O–H groups in total. The van der Waals surface area contributed by atoms with Crippen LogP contribution in [-0.2, 0) is 0 Å². The third-order valence-electron chi connectivity index (χ3n) is 2.84. The molecule has 1 aromatic rings. The second-order valence-corrected chi connectivity index (χ2v) is 4.05. The van der Waals surface area contributed by atoms with Gasteiger partial charge in [0.15, 0.2) is 0 Å². The highest BCUT2D eigenvalue weighted by atomic mass is 16.2. The lowest BCUT2D eigenvalue weighted by atomic mass is 10.1. The van der Waals surface area contributed by atoms with Gasteiger partial charge in [0.2, 0.25) is 0 Å². The minimum atomic E-state index is -0.141. The Morgan fingerprint density at radius 3 is 2.75 bits per heavy atom. The van der Waals surface area contributed by atoms with Crippen LogP contribution in [0.15, 0.2) is 30.3 Å². The van der Waals surface area contributed by atoms with Crippen LogP contribution < -0.4 is 11.1 Å². The number of urea groups is 1. The van der Waals surface area contributed by atoms with Gasteiger partial charge in [0.25, 0.3) is 0 Å². The number of hydrogen-bond acceptors (Lipinski definition) is 2. The Morgan fingerprint density at radius 1 is 1.31 bits per heavy atom. The van der Waals surface area contributed by atoms with Crippen molar-refractivity contribution in [1.29, 1.82) is 0 Å². The molecule has 1 aromatic carbocycles. The molecule has 0 radical (unpaired) electrons. The number of nitrogens with zero attached hydrogens (tertiary/aromatic N) is 1. The zero-order chi connectivity index (χ0) is 11.4. The van der Waals surface area contributed by atoms with E-state index in [-0.39, 0.29) is 12.2 Å². The molecule has 0 aliphatic carbocycles. The van der Waals surface area contributed by atoms with Gasteiger partial charge in [-0.05, 0) is 31.4 Å². The van der Waals surface area contributed by atoms with E-state index in [0.29, 0.717) is 0 Å². The number of nitrogens with one attached hydrogen (secondary N) is 1. The van der Waals surface area contributed by atoms with Crippen LogP contribution in [0.3, 0.4) is 0 Å². The number of likely N-dealkylation sites (tertiary alicyclic amines) is 1. The number of benzene rings is 1. The van der Waals surface area contributed by atoms with Crippen LogP contribution in [0, 0.1) is 0 Å². The summed E-state index contributed by atoms with van der Waals surface area (Å²) in [4.78, 5) is 13.6. The maximum Gasteiger partial charge on any atom is 0.323 e. The van der Waals surface area contributed by atoms with Crippen molar-refractivity contribution in [2.45, 2.75) is 25.4 Å². The standard InChI is InChI=1S/C12H17N3O/c13-11-8-4-5-9-15(11)12(16)14-10-6-2-1-3-7-10/h1-3,6-7,11H,4-5,8-9,13H2,(H,14,16). The zero-order valence-electron chi connectivity index (χ0n) is 9.23. The first kappa shape index (κ1) is 11.0. The van der Waals surface area contributed by atoms with E-state index in [9.17, 15) is 4.79 Å². The summed E-state index contributed by atoms with van der Waals surface area (Å²) in [6.45, 7) is 0.750. The maximum absolute atomic E-state index is 11.9. The van der Waals surface area contributed by atoms with Crippen LogP contribution >= 0.6 is 0 Å². The van der Waals surface area contributed by atoms with Gasteiger partial charge in [0, 0.05) is 12.2 Å². The van der Waals surface area contributed by atoms with Crippen LogP contribution in [0.2, 0.25) is 0 Å². The van der Waals surface area contributed by atoms with Gasteiger partial charge in [-0.25, -0.2) is 4.79 Å². The van der Waals surface area contributed by atoms with E-state index in [1.807, 2.05) is 30.3 Å². The van der Waals surface area contributed by atoms with Crippen LogP contribution in [-0.4, -0.2) is 23.6 Å². The number of nitrogens with two attached hydrogens (primary N) is 1. The molecule has 2 amide bonds. The molecule has 1 aliphatic rings. The van der Waals surface area contributed by atoms with Gasteiger partial charge in [-0.2, -0.15) is 0 Å². The van der Waals surface area contributed by atoms with E-state index in [1.165, 1.54) is 0 Å². The lowest BCUT2D eigenvalue weighted by Crippen LogP contribution is -2.50. The maximum atomic E-state index is 11.9. The van der Waals surface area contributed by atoms with Crippen molar-refractivity contribution in [2.24, 2.45) is 5.73 Å². The van der Waals surface area contributed by atoms with E-state index < -0.39 is 0 Å². The SMILES string of the molecule is NC1CCCCN1C(=O)Nc1ccccc1. The Bertz CT molecular complexity index is 353. The van der Waals surface area contributed by atoms with Gasteiger partial charge in [0.1, 0.15) is 0 Å². The van der Waals surface area contributed by atoms with Crippen molar-refractivity contribution >= 4 is 11.7 Å². The van der Waals surface area contributed by atoms with E-state index in [0.717, 1.165) is 31.5 Å². The number of anilines is 1. The Kier molecular flexibility index (Phi) is 3.41. The number of piperidine rings is 1. The zero-order valence-corrected chi connectivity index (χ0v) is 9.23. The lowest BCUT2D eigenvalue weighted by Gasteiger charge is -2.32. The minimum Gasteiger partial charge on any atom is -0.311 e. The second kappa shape index (κ2) is 4.99. The van der Waals surface area contributed by atoms with Crippen LogP contribution in [0.5, 0.6) is 0 Å². The molecule has 4 heteroatoms. The monoisotopic (exact) mass is 219 g/mol. The summed E-state index contributed by atoms with van der Waals surface area (Å²) in [5.41, 5.74) is 6.71. The Labute approximate surface area is 95.4 Å². The van der Waals surface area contributed by atoms with Gasteiger partial charge in [-0.15, -0.1) is 0 Å². The van der Waals surface area contributed by atoms with Gasteiger partial charge >= 0.3 is 6.03 Å². The van der Waals surface area contributed by atoms with Crippen LogP contribution in [0.25, 0.3) is 0 Å². The fourth-order valence-corrected chi connectivity index (χ4v) is 1.93. The van der Waals surface area contributed by atoms with Crippen molar-refractivity contribution in [1.82, 2.24) is 4.90 Å². The fourth-order valence-electron chi connectivity index (χ4n) is 1.93. The third-order valence-corrected chi connectivity index (χ3v) is 2.84. The molecule has 1 heterocycles. The molecule has 86 valence electrons. The largest absolute Gasteiger partial charge is 0.323 e. The summed E-state index contributed by atoms with van der Waals surface area (Å²) < 4.78 is 0. The number of hydrogen-bond donors (Lipinski definition) is 2. The molecule has 1 aliphatic heterocycles. The Hall–Kier alpha value is -1.55. The summed E-state index contributed by atoms with van der Waals surface area (Å²) in [5.74, 6) is 0. The van der Waals surface area contributed by atoms with E-state index in [2.05, 4.69) is 5.32 Å². The Morgan fingerprint density at radius 2 is 2.06 bits per heavy atom. The number of para-hydroxylation sites is 1. The van der Waals surface area contributed by atoms with Gasteiger partial charge in [-0.1, -0.05) is 18.2 Å². The average molecular weight is 219 g/mol. The van der Waals surface area contributed by atoms with Gasteiger partial charge in [-0.3, -0.25) is 0 Å². The summed E-state index contributed by atoms with van der Waals surface area (Å²) >= 11 is 0. The van der Waals surface area contributed by atoms with Crippen molar-refractivity contribution in [2.75, 3.05) is 11.9 Å². The second-order valence-electron chi connectivity index (χ2n) is 4.05. The molecular formula is C12H17N3O. The summed E-state index contributed by atoms with van der Waals surface area (Å²) in [5, 5.41) is 2.85.